The number of rotatable bonds is 6. The van der Waals surface area contributed by atoms with Gasteiger partial charge in [0, 0.05) is 6.54 Å². The van der Waals surface area contributed by atoms with Gasteiger partial charge in [-0.1, -0.05) is 12.1 Å². The highest BCUT2D eigenvalue weighted by molar-refractivity contribution is 7.98. The number of methoxy groups -OCH3 is 1. The van der Waals surface area contributed by atoms with Crippen LogP contribution in [0.5, 0.6) is 0 Å². The van der Waals surface area contributed by atoms with Crippen molar-refractivity contribution in [2.45, 2.75) is 31.3 Å². The minimum Gasteiger partial charge on any atom is -0.467 e. The maximum Gasteiger partial charge on any atom is 0.328 e. The molecule has 0 unspecified atom stereocenters. The van der Waals surface area contributed by atoms with E-state index in [0.29, 0.717) is 42.7 Å². The van der Waals surface area contributed by atoms with Gasteiger partial charge in [0.05, 0.1) is 18.2 Å². The molecule has 2 heterocycles. The fourth-order valence-electron chi connectivity index (χ4n) is 3.69. The van der Waals surface area contributed by atoms with Gasteiger partial charge >= 0.3 is 5.97 Å². The van der Waals surface area contributed by atoms with Crippen LogP contribution in [0.4, 0.5) is 0 Å². The molecular weight excluding hydrogens is 368 g/mol. The molecule has 0 spiro atoms. The van der Waals surface area contributed by atoms with Gasteiger partial charge in [0.2, 0.25) is 5.91 Å². The van der Waals surface area contributed by atoms with E-state index in [1.54, 1.807) is 24.3 Å². The van der Waals surface area contributed by atoms with Crippen LogP contribution in [0, 0.1) is 0 Å². The van der Waals surface area contributed by atoms with E-state index in [4.69, 9.17) is 4.74 Å². The number of carbonyl (C=O) groups is 4. The number of fused-ring (bicyclic) bond motifs is 1. The second kappa shape index (κ2) is 8.12. The molecule has 0 bridgehead atoms. The Morgan fingerprint density at radius 3 is 2.41 bits per heavy atom. The van der Waals surface area contributed by atoms with E-state index in [0.717, 1.165) is 4.90 Å². The number of imide groups is 1. The lowest BCUT2D eigenvalue weighted by molar-refractivity contribution is -0.152. The van der Waals surface area contributed by atoms with Crippen molar-refractivity contribution >= 4 is 35.5 Å². The Morgan fingerprint density at radius 2 is 1.85 bits per heavy atom. The van der Waals surface area contributed by atoms with E-state index < -0.39 is 29.9 Å². The summed E-state index contributed by atoms with van der Waals surface area (Å²) in [5.41, 5.74) is 0.630. The first kappa shape index (κ1) is 19.4. The van der Waals surface area contributed by atoms with Crippen LogP contribution in [0.15, 0.2) is 24.3 Å². The zero-order valence-electron chi connectivity index (χ0n) is 15.3. The number of thioether (sulfide) groups is 1. The molecule has 1 aromatic carbocycles. The summed E-state index contributed by atoms with van der Waals surface area (Å²) in [5, 5.41) is 0. The molecule has 1 aromatic rings. The highest BCUT2D eigenvalue weighted by atomic mass is 32.2. The molecule has 1 fully saturated rings. The predicted molar refractivity (Wildman–Crippen MR) is 100 cm³/mol. The monoisotopic (exact) mass is 390 g/mol. The third-order valence-electron chi connectivity index (χ3n) is 5.03. The third-order valence-corrected chi connectivity index (χ3v) is 5.67. The van der Waals surface area contributed by atoms with Crippen LogP contribution in [-0.2, 0) is 14.3 Å². The van der Waals surface area contributed by atoms with Crippen LogP contribution in [0.3, 0.4) is 0 Å². The van der Waals surface area contributed by atoms with E-state index in [1.165, 1.54) is 23.8 Å². The number of nitrogens with zero attached hydrogens (tertiary/aromatic N) is 2. The Labute approximate surface area is 162 Å². The molecule has 0 aromatic heterocycles. The second-order valence-electron chi connectivity index (χ2n) is 6.54. The van der Waals surface area contributed by atoms with E-state index >= 15 is 0 Å². The highest BCUT2D eigenvalue weighted by Crippen LogP contribution is 2.29. The van der Waals surface area contributed by atoms with Gasteiger partial charge in [-0.15, -0.1) is 0 Å². The van der Waals surface area contributed by atoms with Crippen LogP contribution >= 0.6 is 11.8 Å². The molecule has 2 aliphatic heterocycles. The largest absolute Gasteiger partial charge is 0.467 e. The number of likely N-dealkylation sites (tertiary alicyclic amines) is 1. The molecule has 7 nitrogen and oxygen atoms in total. The maximum absolute atomic E-state index is 13.3. The first-order valence-corrected chi connectivity index (χ1v) is 10.2. The van der Waals surface area contributed by atoms with E-state index in [9.17, 15) is 19.2 Å². The normalized spacial score (nSPS) is 20.0. The molecule has 3 rings (SSSR count). The molecule has 1 saturated heterocycles. The number of hydrogen-bond acceptors (Lipinski definition) is 6. The van der Waals surface area contributed by atoms with Crippen molar-refractivity contribution in [2.24, 2.45) is 0 Å². The molecule has 2 aliphatic rings. The van der Waals surface area contributed by atoms with E-state index in [-0.39, 0.29) is 5.91 Å². The number of ether oxygens (including phenoxy) is 1. The topological polar surface area (TPSA) is 84.0 Å². The molecule has 2 atom stereocenters. The summed E-state index contributed by atoms with van der Waals surface area (Å²) in [6, 6.07) is 5.00. The average molecular weight is 390 g/mol. The molecule has 0 N–H and O–H groups in total. The number of carbonyl (C=O) groups excluding carboxylic acids is 4. The molecule has 144 valence electrons. The molecular formula is C19H22N2O5S. The molecule has 8 heteroatoms. The molecule has 0 aliphatic carbocycles. The Hall–Kier alpha value is -2.35. The van der Waals surface area contributed by atoms with Gasteiger partial charge in [0.15, 0.2) is 0 Å². The lowest BCUT2D eigenvalue weighted by Gasteiger charge is -2.31. The van der Waals surface area contributed by atoms with Crippen molar-refractivity contribution in [2.75, 3.05) is 25.7 Å². The molecule has 3 amide bonds. The van der Waals surface area contributed by atoms with Gasteiger partial charge in [-0.05, 0) is 43.4 Å². The van der Waals surface area contributed by atoms with Gasteiger partial charge in [0.25, 0.3) is 11.8 Å². The molecule has 0 saturated carbocycles. The van der Waals surface area contributed by atoms with E-state index in [2.05, 4.69) is 0 Å². The van der Waals surface area contributed by atoms with Crippen molar-refractivity contribution in [3.63, 3.8) is 0 Å². The number of amides is 3. The Balaban J connectivity index is 1.91. The van der Waals surface area contributed by atoms with Crippen LogP contribution in [0.25, 0.3) is 0 Å². The molecule has 0 radical (unpaired) electrons. The van der Waals surface area contributed by atoms with Crippen molar-refractivity contribution in [3.8, 4) is 0 Å². The van der Waals surface area contributed by atoms with Gasteiger partial charge in [-0.2, -0.15) is 11.8 Å². The SMILES string of the molecule is COC(=O)[C@@H]1CCCN1C(=O)[C@H](CCSC)N1C(=O)c2ccccc2C1=O. The number of esters is 1. The minimum absolute atomic E-state index is 0.315. The maximum atomic E-state index is 13.3. The summed E-state index contributed by atoms with van der Waals surface area (Å²) >= 11 is 1.53. The highest BCUT2D eigenvalue weighted by Gasteiger charge is 2.46. The standard InChI is InChI=1S/C19H22N2O5S/c1-26-19(25)15-8-5-10-20(15)18(24)14(9-11-27-2)21-16(22)12-6-3-4-7-13(12)17(21)23/h3-4,6-7,14-15H,5,8-11H2,1-2H3/t14-,15-/m0/s1. The summed E-state index contributed by atoms with van der Waals surface area (Å²) < 4.78 is 4.81. The summed E-state index contributed by atoms with van der Waals surface area (Å²) in [7, 11) is 1.29. The predicted octanol–water partition coefficient (Wildman–Crippen LogP) is 1.57. The lowest BCUT2D eigenvalue weighted by Crippen LogP contribution is -2.53. The van der Waals surface area contributed by atoms with Gasteiger partial charge in [-0.25, -0.2) is 4.79 Å². The smallest absolute Gasteiger partial charge is 0.328 e. The first-order valence-electron chi connectivity index (χ1n) is 8.85. The zero-order valence-corrected chi connectivity index (χ0v) is 16.2. The second-order valence-corrected chi connectivity index (χ2v) is 7.52. The summed E-state index contributed by atoms with van der Waals surface area (Å²) in [6.45, 7) is 0.414. The van der Waals surface area contributed by atoms with Crippen molar-refractivity contribution in [1.29, 1.82) is 0 Å². The quantitative estimate of drug-likeness (QED) is 0.542. The fourth-order valence-corrected chi connectivity index (χ4v) is 4.15. The average Bonchev–Trinajstić information content (AvgIpc) is 3.27. The summed E-state index contributed by atoms with van der Waals surface area (Å²) in [6.07, 6.45) is 3.45. The van der Waals surface area contributed by atoms with Gasteiger partial charge < -0.3 is 9.64 Å². The Kier molecular flexibility index (Phi) is 5.84. The van der Waals surface area contributed by atoms with Crippen LogP contribution in [-0.4, -0.2) is 71.2 Å². The minimum atomic E-state index is -0.921. The Bertz CT molecular complexity index is 746. The van der Waals surface area contributed by atoms with Gasteiger partial charge in [-0.3, -0.25) is 19.3 Å². The van der Waals surface area contributed by atoms with Crippen molar-refractivity contribution in [1.82, 2.24) is 9.80 Å². The summed E-state index contributed by atoms with van der Waals surface area (Å²) in [5.74, 6) is -1.13. The number of benzene rings is 1. The molecule has 27 heavy (non-hydrogen) atoms. The van der Waals surface area contributed by atoms with Crippen molar-refractivity contribution < 1.29 is 23.9 Å². The van der Waals surface area contributed by atoms with E-state index in [1.807, 2.05) is 6.26 Å². The zero-order chi connectivity index (χ0) is 19.6. The lowest BCUT2D eigenvalue weighted by atomic mass is 10.1. The van der Waals surface area contributed by atoms with Crippen molar-refractivity contribution in [3.05, 3.63) is 35.4 Å². The van der Waals surface area contributed by atoms with Gasteiger partial charge in [0.1, 0.15) is 12.1 Å². The Morgan fingerprint density at radius 1 is 1.22 bits per heavy atom. The summed E-state index contributed by atoms with van der Waals surface area (Å²) in [4.78, 5) is 53.5. The van der Waals surface area contributed by atoms with Crippen LogP contribution in [0.2, 0.25) is 0 Å². The van der Waals surface area contributed by atoms with Crippen LogP contribution < -0.4 is 0 Å². The van der Waals surface area contributed by atoms with Crippen LogP contribution in [0.1, 0.15) is 40.0 Å². The fraction of sp³-hybridized carbons (Fsp3) is 0.474. The first-order chi connectivity index (χ1) is 13.0. The number of hydrogen-bond donors (Lipinski definition) is 0. The third kappa shape index (κ3) is 3.45.